The van der Waals surface area contributed by atoms with Crippen molar-refractivity contribution in [3.8, 4) is 0 Å². The van der Waals surface area contributed by atoms with Crippen LogP contribution in [0, 0.1) is 0 Å². The molecule has 1 atom stereocenters. The van der Waals surface area contributed by atoms with Crippen molar-refractivity contribution in [1.82, 2.24) is 5.32 Å². The quantitative estimate of drug-likeness (QED) is 0.604. The Hall–Kier alpha value is -1.05. The zero-order valence-electron chi connectivity index (χ0n) is 11.8. The van der Waals surface area contributed by atoms with Crippen molar-refractivity contribution in [1.29, 1.82) is 0 Å². The molecule has 20 heavy (non-hydrogen) atoms. The Morgan fingerprint density at radius 3 is 2.40 bits per heavy atom. The van der Waals surface area contributed by atoms with E-state index in [4.69, 9.17) is 4.74 Å². The highest BCUT2D eigenvalue weighted by molar-refractivity contribution is 7.99. The minimum Gasteiger partial charge on any atom is -0.465 e. The number of ether oxygens (including phenoxy) is 1. The number of carbonyl (C=O) groups excluding carboxylic acids is 1. The van der Waals surface area contributed by atoms with Gasteiger partial charge in [0, 0.05) is 16.9 Å². The van der Waals surface area contributed by atoms with Gasteiger partial charge in [-0.3, -0.25) is 4.79 Å². The van der Waals surface area contributed by atoms with Crippen LogP contribution in [-0.4, -0.2) is 46.1 Å². The molecular formula is C13H19NO4S2. The molecule has 0 aliphatic carbocycles. The second-order valence-electron chi connectivity index (χ2n) is 4.15. The summed E-state index contributed by atoms with van der Waals surface area (Å²) in [4.78, 5) is 12.8. The first kappa shape index (κ1) is 17.0. The van der Waals surface area contributed by atoms with Gasteiger partial charge in [0.05, 0.1) is 11.5 Å². The van der Waals surface area contributed by atoms with Gasteiger partial charge in [-0.15, -0.1) is 11.8 Å². The smallest absolute Gasteiger partial charge is 0.323 e. The summed E-state index contributed by atoms with van der Waals surface area (Å²) in [6.45, 7) is 2.12. The number of thioether (sulfide) groups is 1. The molecule has 0 saturated heterocycles. The number of hydrogen-bond acceptors (Lipinski definition) is 6. The van der Waals surface area contributed by atoms with Crippen LogP contribution >= 0.6 is 11.8 Å². The number of likely N-dealkylation sites (N-methyl/N-ethyl adjacent to an activating group) is 1. The summed E-state index contributed by atoms with van der Waals surface area (Å²) in [7, 11) is -1.47. The molecule has 0 amide bonds. The van der Waals surface area contributed by atoms with Crippen LogP contribution in [0.4, 0.5) is 0 Å². The molecule has 1 rings (SSSR count). The molecule has 0 aromatic heterocycles. The Bertz CT molecular complexity index is 540. The number of nitrogens with one attached hydrogen (secondary N) is 1. The minimum atomic E-state index is -3.17. The van der Waals surface area contributed by atoms with Gasteiger partial charge in [-0.1, -0.05) is 0 Å². The Morgan fingerprint density at radius 2 is 1.95 bits per heavy atom. The average Bonchev–Trinajstić information content (AvgIpc) is 2.39. The minimum absolute atomic E-state index is 0.282. The number of benzene rings is 1. The highest BCUT2D eigenvalue weighted by atomic mass is 32.2. The standard InChI is InChI=1S/C13H19NO4S2/c1-4-18-13(15)12(14-2)9-19-10-5-7-11(8-6-10)20(3,16)17/h5-8,12,14H,4,9H2,1-3H3. The summed E-state index contributed by atoms with van der Waals surface area (Å²) in [5, 5.41) is 2.90. The fourth-order valence-corrected chi connectivity index (χ4v) is 3.10. The van der Waals surface area contributed by atoms with Crippen molar-refractivity contribution in [3.63, 3.8) is 0 Å². The Kier molecular flexibility index (Phi) is 6.51. The number of sulfone groups is 1. The van der Waals surface area contributed by atoms with Gasteiger partial charge in [0.2, 0.25) is 0 Å². The Balaban J connectivity index is 2.63. The van der Waals surface area contributed by atoms with Gasteiger partial charge in [-0.25, -0.2) is 8.42 Å². The summed E-state index contributed by atoms with van der Waals surface area (Å²) in [5.74, 6) is 0.239. The van der Waals surface area contributed by atoms with E-state index in [-0.39, 0.29) is 16.9 Å². The van der Waals surface area contributed by atoms with Crippen LogP contribution in [-0.2, 0) is 19.4 Å². The van der Waals surface area contributed by atoms with E-state index in [0.29, 0.717) is 12.4 Å². The lowest BCUT2D eigenvalue weighted by Gasteiger charge is -2.14. The molecule has 5 nitrogen and oxygen atoms in total. The zero-order valence-corrected chi connectivity index (χ0v) is 13.4. The van der Waals surface area contributed by atoms with E-state index in [1.807, 2.05) is 0 Å². The normalized spacial score (nSPS) is 12.9. The average molecular weight is 317 g/mol. The molecular weight excluding hydrogens is 298 g/mol. The maximum Gasteiger partial charge on any atom is 0.323 e. The molecule has 1 N–H and O–H groups in total. The van der Waals surface area contributed by atoms with Crippen LogP contribution in [0.2, 0.25) is 0 Å². The lowest BCUT2D eigenvalue weighted by atomic mass is 10.3. The van der Waals surface area contributed by atoms with E-state index < -0.39 is 9.84 Å². The third-order valence-electron chi connectivity index (χ3n) is 2.59. The Labute approximate surface area is 124 Å². The molecule has 0 bridgehead atoms. The van der Waals surface area contributed by atoms with E-state index in [9.17, 15) is 13.2 Å². The summed E-state index contributed by atoms with van der Waals surface area (Å²) >= 11 is 1.47. The molecule has 0 saturated carbocycles. The second-order valence-corrected chi connectivity index (χ2v) is 7.26. The molecule has 7 heteroatoms. The second kappa shape index (κ2) is 7.66. The largest absolute Gasteiger partial charge is 0.465 e. The van der Waals surface area contributed by atoms with Crippen LogP contribution in [0.3, 0.4) is 0 Å². The topological polar surface area (TPSA) is 72.5 Å². The van der Waals surface area contributed by atoms with Gasteiger partial charge in [-0.05, 0) is 38.2 Å². The fraction of sp³-hybridized carbons (Fsp3) is 0.462. The third kappa shape index (κ3) is 5.15. The van der Waals surface area contributed by atoms with Gasteiger partial charge in [0.25, 0.3) is 0 Å². The number of carbonyl (C=O) groups is 1. The van der Waals surface area contributed by atoms with E-state index >= 15 is 0 Å². The molecule has 1 aromatic carbocycles. The van der Waals surface area contributed by atoms with Crippen LogP contribution in [0.5, 0.6) is 0 Å². The summed E-state index contributed by atoms with van der Waals surface area (Å²) in [5.41, 5.74) is 0. The number of hydrogen-bond donors (Lipinski definition) is 1. The predicted molar refractivity (Wildman–Crippen MR) is 79.8 cm³/mol. The van der Waals surface area contributed by atoms with Crippen LogP contribution in [0.1, 0.15) is 6.92 Å². The first-order chi connectivity index (χ1) is 9.38. The predicted octanol–water partition coefficient (Wildman–Crippen LogP) is 1.33. The van der Waals surface area contributed by atoms with Gasteiger partial charge >= 0.3 is 5.97 Å². The molecule has 0 radical (unpaired) electrons. The first-order valence-electron chi connectivity index (χ1n) is 6.15. The van der Waals surface area contributed by atoms with E-state index in [0.717, 1.165) is 4.90 Å². The lowest BCUT2D eigenvalue weighted by molar-refractivity contribution is -0.144. The van der Waals surface area contributed by atoms with Crippen LogP contribution < -0.4 is 5.32 Å². The van der Waals surface area contributed by atoms with Crippen molar-refractivity contribution in [2.24, 2.45) is 0 Å². The Morgan fingerprint density at radius 1 is 1.35 bits per heavy atom. The molecule has 0 aliphatic heterocycles. The first-order valence-corrected chi connectivity index (χ1v) is 9.03. The monoisotopic (exact) mass is 317 g/mol. The molecule has 0 aliphatic rings. The van der Waals surface area contributed by atoms with Gasteiger partial charge in [-0.2, -0.15) is 0 Å². The van der Waals surface area contributed by atoms with Crippen molar-refractivity contribution >= 4 is 27.6 Å². The molecule has 112 valence electrons. The summed E-state index contributed by atoms with van der Waals surface area (Å²) < 4.78 is 27.6. The summed E-state index contributed by atoms with van der Waals surface area (Å²) in [6.07, 6.45) is 1.17. The SMILES string of the molecule is CCOC(=O)C(CSc1ccc(S(C)(=O)=O)cc1)NC. The third-order valence-corrected chi connectivity index (χ3v) is 4.82. The van der Waals surface area contributed by atoms with Crippen LogP contribution in [0.25, 0.3) is 0 Å². The molecule has 0 heterocycles. The highest BCUT2D eigenvalue weighted by Gasteiger charge is 2.17. The number of rotatable bonds is 7. The fourth-order valence-electron chi connectivity index (χ4n) is 1.47. The van der Waals surface area contributed by atoms with E-state index in [1.165, 1.54) is 18.0 Å². The van der Waals surface area contributed by atoms with Gasteiger partial charge < -0.3 is 10.1 Å². The van der Waals surface area contributed by atoms with Gasteiger partial charge in [0.15, 0.2) is 9.84 Å². The maximum atomic E-state index is 11.6. The van der Waals surface area contributed by atoms with Crippen molar-refractivity contribution in [2.75, 3.05) is 25.7 Å². The zero-order chi connectivity index (χ0) is 15.2. The van der Waals surface area contributed by atoms with Crippen LogP contribution in [0.15, 0.2) is 34.1 Å². The molecule has 1 aromatic rings. The molecule has 0 spiro atoms. The van der Waals surface area contributed by atoms with Gasteiger partial charge in [0.1, 0.15) is 6.04 Å². The molecule has 0 fully saturated rings. The van der Waals surface area contributed by atoms with E-state index in [2.05, 4.69) is 5.32 Å². The maximum absolute atomic E-state index is 11.6. The van der Waals surface area contributed by atoms with Crippen molar-refractivity contribution in [2.45, 2.75) is 22.8 Å². The highest BCUT2D eigenvalue weighted by Crippen LogP contribution is 2.21. The van der Waals surface area contributed by atoms with Crippen molar-refractivity contribution < 1.29 is 17.9 Å². The van der Waals surface area contributed by atoms with Crippen molar-refractivity contribution in [3.05, 3.63) is 24.3 Å². The van der Waals surface area contributed by atoms with E-state index in [1.54, 1.807) is 38.2 Å². The lowest BCUT2D eigenvalue weighted by Crippen LogP contribution is -2.37. The summed E-state index contributed by atoms with van der Waals surface area (Å²) in [6, 6.07) is 6.22. The number of esters is 1. The molecule has 1 unspecified atom stereocenters.